The third-order valence-electron chi connectivity index (χ3n) is 7.21. The Kier molecular flexibility index (Phi) is 6.32. The van der Waals surface area contributed by atoms with Crippen molar-refractivity contribution >= 4 is 17.5 Å². The molecule has 1 aromatic carbocycles. The molecule has 2 fully saturated rings. The lowest BCUT2D eigenvalue weighted by molar-refractivity contribution is 0.0783. The van der Waals surface area contributed by atoms with E-state index in [4.69, 9.17) is 4.98 Å². The van der Waals surface area contributed by atoms with E-state index in [9.17, 15) is 4.79 Å². The number of nitrogens with zero attached hydrogens (tertiary/aromatic N) is 6. The summed E-state index contributed by atoms with van der Waals surface area (Å²) in [6.07, 6.45) is 8.60. The largest absolute Gasteiger partial charge is 0.337 e. The van der Waals surface area contributed by atoms with Crippen LogP contribution >= 0.6 is 0 Å². The Balaban J connectivity index is 1.27. The molecule has 8 heteroatoms. The molecule has 0 unspecified atom stereocenters. The predicted octanol–water partition coefficient (Wildman–Crippen LogP) is 3.97. The van der Waals surface area contributed by atoms with Gasteiger partial charge in [0.25, 0.3) is 5.91 Å². The van der Waals surface area contributed by atoms with Gasteiger partial charge >= 0.3 is 0 Å². The molecule has 178 valence electrons. The zero-order valence-electron chi connectivity index (χ0n) is 20.2. The molecule has 5 rings (SSSR count). The summed E-state index contributed by atoms with van der Waals surface area (Å²) in [5.74, 6) is 2.37. The van der Waals surface area contributed by atoms with E-state index >= 15 is 0 Å². The van der Waals surface area contributed by atoms with Gasteiger partial charge in [-0.05, 0) is 76.5 Å². The number of anilines is 2. The molecule has 3 heterocycles. The van der Waals surface area contributed by atoms with Crippen molar-refractivity contribution in [1.29, 1.82) is 0 Å². The molecular weight excluding hydrogens is 426 g/mol. The van der Waals surface area contributed by atoms with Crippen LogP contribution in [0.3, 0.4) is 0 Å². The molecule has 1 N–H and O–H groups in total. The van der Waals surface area contributed by atoms with Crippen molar-refractivity contribution < 1.29 is 4.79 Å². The number of likely N-dealkylation sites (N-methyl/N-ethyl adjacent to an activating group) is 1. The monoisotopic (exact) mass is 459 g/mol. The number of likely N-dealkylation sites (tertiary alicyclic amines) is 1. The van der Waals surface area contributed by atoms with Gasteiger partial charge in [-0.2, -0.15) is 0 Å². The summed E-state index contributed by atoms with van der Waals surface area (Å²) in [6.45, 7) is 4.63. The minimum atomic E-state index is 0.0873. The van der Waals surface area contributed by atoms with Crippen LogP contribution < -0.4 is 5.32 Å². The number of imidazole rings is 1. The second-order valence-electron chi connectivity index (χ2n) is 9.72. The van der Waals surface area contributed by atoms with E-state index in [0.717, 1.165) is 54.9 Å². The summed E-state index contributed by atoms with van der Waals surface area (Å²) >= 11 is 0. The third-order valence-corrected chi connectivity index (χ3v) is 7.21. The normalized spacial score (nSPS) is 18.4. The molecule has 1 aliphatic heterocycles. The second kappa shape index (κ2) is 9.54. The van der Waals surface area contributed by atoms with Crippen LogP contribution in [0.15, 0.2) is 42.7 Å². The Bertz CT molecular complexity index is 1150. The minimum absolute atomic E-state index is 0.0873. The van der Waals surface area contributed by atoms with Crippen molar-refractivity contribution in [2.75, 3.05) is 32.5 Å². The number of carbonyl (C=O) groups excluding carboxylic acids is 1. The van der Waals surface area contributed by atoms with Gasteiger partial charge in [-0.25, -0.2) is 15.0 Å². The maximum atomic E-state index is 12.9. The van der Waals surface area contributed by atoms with Gasteiger partial charge in [0.05, 0.1) is 17.6 Å². The smallest absolute Gasteiger partial charge is 0.253 e. The zero-order valence-corrected chi connectivity index (χ0v) is 20.2. The van der Waals surface area contributed by atoms with E-state index in [1.165, 1.54) is 19.3 Å². The summed E-state index contributed by atoms with van der Waals surface area (Å²) in [4.78, 5) is 30.7. The molecule has 1 atom stereocenters. The molecule has 0 radical (unpaired) electrons. The van der Waals surface area contributed by atoms with Crippen LogP contribution in [0.2, 0.25) is 0 Å². The average Bonchev–Trinajstić information content (AvgIpc) is 3.44. The number of nitrogens with one attached hydrogen (secondary N) is 1. The van der Waals surface area contributed by atoms with Crippen LogP contribution in [-0.4, -0.2) is 68.5 Å². The van der Waals surface area contributed by atoms with E-state index in [0.29, 0.717) is 17.6 Å². The van der Waals surface area contributed by atoms with Crippen molar-refractivity contribution in [2.45, 2.75) is 45.2 Å². The van der Waals surface area contributed by atoms with Gasteiger partial charge < -0.3 is 19.7 Å². The van der Waals surface area contributed by atoms with Gasteiger partial charge in [0.1, 0.15) is 5.82 Å². The molecule has 3 aromatic rings. The fourth-order valence-electron chi connectivity index (χ4n) is 4.75. The number of benzene rings is 1. The highest BCUT2D eigenvalue weighted by atomic mass is 16.2. The first-order chi connectivity index (χ1) is 16.5. The van der Waals surface area contributed by atoms with E-state index in [2.05, 4.69) is 38.8 Å². The predicted molar refractivity (Wildman–Crippen MR) is 133 cm³/mol. The Hall–Kier alpha value is -3.26. The highest BCUT2D eigenvalue weighted by Gasteiger charge is 2.28. The number of aryl methyl sites for hydroxylation is 1. The molecule has 8 nitrogen and oxygen atoms in total. The van der Waals surface area contributed by atoms with Gasteiger partial charge in [0.2, 0.25) is 5.95 Å². The maximum absolute atomic E-state index is 12.9. The third kappa shape index (κ3) is 4.68. The second-order valence-corrected chi connectivity index (χ2v) is 9.72. The van der Waals surface area contributed by atoms with E-state index in [-0.39, 0.29) is 5.91 Å². The molecule has 0 spiro atoms. The molecule has 2 aliphatic rings. The Morgan fingerprint density at radius 3 is 2.59 bits per heavy atom. The first-order valence-corrected chi connectivity index (χ1v) is 12.2. The van der Waals surface area contributed by atoms with E-state index < -0.39 is 0 Å². The number of hydrogen-bond donors (Lipinski definition) is 1. The lowest BCUT2D eigenvalue weighted by Crippen LogP contribution is -2.34. The quantitative estimate of drug-likeness (QED) is 0.576. The summed E-state index contributed by atoms with van der Waals surface area (Å²) in [5.41, 5.74) is 3.43. The van der Waals surface area contributed by atoms with Crippen molar-refractivity contribution in [1.82, 2.24) is 29.3 Å². The van der Waals surface area contributed by atoms with Crippen molar-refractivity contribution in [3.05, 3.63) is 54.1 Å². The number of hydrogen-bond acceptors (Lipinski definition) is 6. The lowest BCUT2D eigenvalue weighted by Gasteiger charge is -2.27. The van der Waals surface area contributed by atoms with E-state index in [1.807, 2.05) is 48.4 Å². The van der Waals surface area contributed by atoms with Gasteiger partial charge in [0.15, 0.2) is 0 Å². The fraction of sp³-hybridized carbons (Fsp3) is 0.462. The van der Waals surface area contributed by atoms with Gasteiger partial charge in [0, 0.05) is 43.1 Å². The summed E-state index contributed by atoms with van der Waals surface area (Å²) in [6, 6.07) is 9.92. The number of amides is 1. The molecule has 1 saturated carbocycles. The molecule has 1 amide bonds. The van der Waals surface area contributed by atoms with Crippen molar-refractivity contribution in [2.24, 2.45) is 5.92 Å². The van der Waals surface area contributed by atoms with Gasteiger partial charge in [-0.15, -0.1) is 0 Å². The van der Waals surface area contributed by atoms with Crippen molar-refractivity contribution in [3.8, 4) is 11.4 Å². The fourth-order valence-corrected chi connectivity index (χ4v) is 4.75. The summed E-state index contributed by atoms with van der Waals surface area (Å²) in [5, 5.41) is 3.28. The highest BCUT2D eigenvalue weighted by Crippen LogP contribution is 2.30. The molecule has 2 aromatic heterocycles. The molecular formula is C26H33N7O. The van der Waals surface area contributed by atoms with Crippen molar-refractivity contribution in [3.63, 3.8) is 0 Å². The zero-order chi connectivity index (χ0) is 23.7. The van der Waals surface area contributed by atoms with Crippen LogP contribution in [-0.2, 0) is 6.54 Å². The van der Waals surface area contributed by atoms with Crippen LogP contribution in [0.5, 0.6) is 0 Å². The van der Waals surface area contributed by atoms with Crippen LogP contribution in [0.25, 0.3) is 11.4 Å². The van der Waals surface area contributed by atoms with Gasteiger partial charge in [-0.1, -0.05) is 6.42 Å². The topological polar surface area (TPSA) is 79.2 Å². The van der Waals surface area contributed by atoms with Crippen LogP contribution in [0.1, 0.15) is 41.9 Å². The summed E-state index contributed by atoms with van der Waals surface area (Å²) in [7, 11) is 4.14. The standard InChI is InChI=1S/C26H33N7O/c1-18-28-15-24(33(18)16-19-5-4-6-19)23-11-13-27-26(30-23)29-21-9-7-20(8-10-21)25(34)32-14-12-22(17-32)31(2)3/h7-11,13,15,19,22H,4-6,12,14,16-17H2,1-3H3,(H,27,29,30)/t22-/m0/s1. The molecule has 1 aliphatic carbocycles. The number of carbonyl (C=O) groups is 1. The van der Waals surface area contributed by atoms with Crippen LogP contribution in [0.4, 0.5) is 11.6 Å². The number of rotatable bonds is 7. The van der Waals surface area contributed by atoms with Crippen LogP contribution in [0, 0.1) is 12.8 Å². The lowest BCUT2D eigenvalue weighted by atomic mass is 9.85. The molecule has 1 saturated heterocycles. The Morgan fingerprint density at radius 1 is 1.12 bits per heavy atom. The minimum Gasteiger partial charge on any atom is -0.337 e. The number of aromatic nitrogens is 4. The Labute approximate surface area is 201 Å². The van der Waals surface area contributed by atoms with E-state index in [1.54, 1.807) is 6.20 Å². The average molecular weight is 460 g/mol. The first-order valence-electron chi connectivity index (χ1n) is 12.2. The molecule has 34 heavy (non-hydrogen) atoms. The maximum Gasteiger partial charge on any atom is 0.253 e. The SMILES string of the molecule is Cc1ncc(-c2ccnc(Nc3ccc(C(=O)N4CC[C@H](N(C)C)C4)cc3)n2)n1CC1CCC1. The molecule has 0 bridgehead atoms. The Morgan fingerprint density at radius 2 is 1.91 bits per heavy atom. The van der Waals surface area contributed by atoms with Gasteiger partial charge in [-0.3, -0.25) is 4.79 Å². The summed E-state index contributed by atoms with van der Waals surface area (Å²) < 4.78 is 2.27. The first kappa shape index (κ1) is 22.5. The highest BCUT2D eigenvalue weighted by molar-refractivity contribution is 5.94.